The fourth-order valence-electron chi connectivity index (χ4n) is 2.40. The number of nitrogen functional groups attached to an aromatic ring is 1. The van der Waals surface area contributed by atoms with Crippen LogP contribution in [0.25, 0.3) is 5.69 Å². The number of benzene rings is 2. The normalized spacial score (nSPS) is 12.6. The van der Waals surface area contributed by atoms with Gasteiger partial charge in [0, 0.05) is 0 Å². The minimum Gasteiger partial charge on any atom is -0.382 e. The third-order valence-electron chi connectivity index (χ3n) is 3.75. The molecule has 0 aliphatic heterocycles. The zero-order chi connectivity index (χ0) is 21.4. The molecule has 1 heterocycles. The first kappa shape index (κ1) is 20.2. The number of hydrogen-bond donors (Lipinski definition) is 2. The second-order valence-electron chi connectivity index (χ2n) is 5.81. The second-order valence-corrected chi connectivity index (χ2v) is 5.81. The number of nitrogens with two attached hydrogens (primary N) is 1. The largest absolute Gasteiger partial charge is 0.416 e. The van der Waals surface area contributed by atoms with Crippen molar-refractivity contribution in [3.05, 3.63) is 70.0 Å². The van der Waals surface area contributed by atoms with Crippen molar-refractivity contribution >= 4 is 17.2 Å². The van der Waals surface area contributed by atoms with Gasteiger partial charge in [0.05, 0.1) is 22.5 Å². The number of aromatic amines is 1. The number of hydrogen-bond acceptors (Lipinski definition) is 4. The lowest BCUT2D eigenvalue weighted by Crippen LogP contribution is -2.13. The van der Waals surface area contributed by atoms with Gasteiger partial charge in [0.25, 0.3) is 0 Å². The molecule has 0 atom stereocenters. The highest BCUT2D eigenvalue weighted by molar-refractivity contribution is 5.57. The highest BCUT2D eigenvalue weighted by Gasteiger charge is 2.37. The van der Waals surface area contributed by atoms with E-state index in [0.29, 0.717) is 17.8 Å². The summed E-state index contributed by atoms with van der Waals surface area (Å²) >= 11 is 0. The summed E-state index contributed by atoms with van der Waals surface area (Å²) in [6.07, 6.45) is -10.1. The van der Waals surface area contributed by atoms with E-state index in [9.17, 15) is 31.1 Å². The SMILES string of the molecule is Nc1[nH]n(-c2ccccc2)c(=O)c1N=Nc1cc(C(F)(F)F)cc(C(F)(F)F)c1. The lowest BCUT2D eigenvalue weighted by molar-refractivity contribution is -0.143. The summed E-state index contributed by atoms with van der Waals surface area (Å²) in [6, 6.07) is 8.86. The van der Waals surface area contributed by atoms with Crippen LogP contribution in [0.2, 0.25) is 0 Å². The maximum atomic E-state index is 12.9. The Morgan fingerprint density at radius 3 is 1.93 bits per heavy atom. The third kappa shape index (κ3) is 4.31. The van der Waals surface area contributed by atoms with Gasteiger partial charge in [-0.15, -0.1) is 5.11 Å². The molecule has 0 aliphatic rings. The molecule has 1 aromatic heterocycles. The van der Waals surface area contributed by atoms with E-state index < -0.39 is 40.4 Å². The molecule has 152 valence electrons. The van der Waals surface area contributed by atoms with E-state index in [0.717, 1.165) is 4.68 Å². The van der Waals surface area contributed by atoms with Crippen molar-refractivity contribution in [3.8, 4) is 5.69 Å². The van der Waals surface area contributed by atoms with Gasteiger partial charge in [-0.3, -0.25) is 9.89 Å². The zero-order valence-corrected chi connectivity index (χ0v) is 14.2. The Morgan fingerprint density at radius 2 is 1.41 bits per heavy atom. The van der Waals surface area contributed by atoms with Crippen LogP contribution in [0.15, 0.2) is 63.6 Å². The number of nitrogens with zero attached hydrogens (tertiary/aromatic N) is 3. The van der Waals surface area contributed by atoms with Gasteiger partial charge in [-0.05, 0) is 30.3 Å². The lowest BCUT2D eigenvalue weighted by Gasteiger charge is -2.12. The quantitative estimate of drug-likeness (QED) is 0.455. The van der Waals surface area contributed by atoms with Gasteiger partial charge >= 0.3 is 17.9 Å². The number of rotatable bonds is 3. The molecule has 0 saturated carbocycles. The molecular weight excluding hydrogens is 404 g/mol. The van der Waals surface area contributed by atoms with Crippen molar-refractivity contribution in [2.45, 2.75) is 12.4 Å². The summed E-state index contributed by atoms with van der Waals surface area (Å²) in [6.45, 7) is 0. The number of para-hydroxylation sites is 1. The molecule has 0 fully saturated rings. The maximum Gasteiger partial charge on any atom is 0.416 e. The van der Waals surface area contributed by atoms with E-state index in [1.165, 1.54) is 0 Å². The van der Waals surface area contributed by atoms with Crippen LogP contribution < -0.4 is 11.3 Å². The van der Waals surface area contributed by atoms with E-state index in [-0.39, 0.29) is 11.9 Å². The van der Waals surface area contributed by atoms with E-state index >= 15 is 0 Å². The van der Waals surface area contributed by atoms with E-state index in [4.69, 9.17) is 5.73 Å². The summed E-state index contributed by atoms with van der Waals surface area (Å²) in [5.74, 6) is -0.259. The smallest absolute Gasteiger partial charge is 0.382 e. The monoisotopic (exact) mass is 415 g/mol. The lowest BCUT2D eigenvalue weighted by atomic mass is 10.1. The van der Waals surface area contributed by atoms with Crippen molar-refractivity contribution in [2.24, 2.45) is 10.2 Å². The number of alkyl halides is 6. The van der Waals surface area contributed by atoms with E-state index in [1.807, 2.05) is 0 Å². The summed E-state index contributed by atoms with van der Waals surface area (Å²) < 4.78 is 78.4. The van der Waals surface area contributed by atoms with Crippen LogP contribution in [0.3, 0.4) is 0 Å². The average molecular weight is 415 g/mol. The molecule has 0 saturated heterocycles. The molecule has 2 aromatic carbocycles. The number of halogens is 6. The number of anilines is 1. The predicted octanol–water partition coefficient (Wildman–Crippen LogP) is 5.20. The molecule has 0 spiro atoms. The van der Waals surface area contributed by atoms with Crippen LogP contribution in [-0.4, -0.2) is 9.78 Å². The molecule has 6 nitrogen and oxygen atoms in total. The number of aromatic nitrogens is 2. The summed E-state index contributed by atoms with van der Waals surface area (Å²) in [5, 5.41) is 9.34. The van der Waals surface area contributed by atoms with E-state index in [1.54, 1.807) is 30.3 Å². The Hall–Kier alpha value is -3.57. The molecule has 0 amide bonds. The molecule has 0 aliphatic carbocycles. The molecule has 12 heteroatoms. The average Bonchev–Trinajstić information content (AvgIpc) is 2.93. The van der Waals surface area contributed by atoms with Crippen LogP contribution in [0.5, 0.6) is 0 Å². The Labute approximate surface area is 158 Å². The second kappa shape index (κ2) is 7.11. The van der Waals surface area contributed by atoms with Gasteiger partial charge in [-0.2, -0.15) is 31.5 Å². The van der Waals surface area contributed by atoms with Crippen molar-refractivity contribution < 1.29 is 26.3 Å². The summed E-state index contributed by atoms with van der Waals surface area (Å²) in [4.78, 5) is 12.4. The Bertz CT molecular complexity index is 1080. The number of H-pyrrole nitrogens is 1. The van der Waals surface area contributed by atoms with Gasteiger partial charge in [-0.1, -0.05) is 18.2 Å². The van der Waals surface area contributed by atoms with Crippen LogP contribution in [0, 0.1) is 0 Å². The summed E-state index contributed by atoms with van der Waals surface area (Å²) in [7, 11) is 0. The summed E-state index contributed by atoms with van der Waals surface area (Å²) in [5.41, 5.74) is 0.969. The van der Waals surface area contributed by atoms with Crippen LogP contribution in [-0.2, 0) is 12.4 Å². The van der Waals surface area contributed by atoms with Crippen LogP contribution in [0.4, 0.5) is 43.5 Å². The maximum absolute atomic E-state index is 12.9. The van der Waals surface area contributed by atoms with Crippen LogP contribution >= 0.6 is 0 Å². The van der Waals surface area contributed by atoms with Gasteiger partial charge in [0.1, 0.15) is 5.82 Å². The molecule has 3 rings (SSSR count). The van der Waals surface area contributed by atoms with Gasteiger partial charge < -0.3 is 5.73 Å². The first-order chi connectivity index (χ1) is 13.5. The number of azo groups is 1. The highest BCUT2D eigenvalue weighted by atomic mass is 19.4. The minimum absolute atomic E-state index is 0.0357. The molecule has 3 N–H and O–H groups in total. The van der Waals surface area contributed by atoms with Crippen molar-refractivity contribution in [1.82, 2.24) is 9.78 Å². The topological polar surface area (TPSA) is 88.5 Å². The van der Waals surface area contributed by atoms with Crippen molar-refractivity contribution in [1.29, 1.82) is 0 Å². The first-order valence-electron chi connectivity index (χ1n) is 7.84. The van der Waals surface area contributed by atoms with Gasteiger partial charge in [0.2, 0.25) is 0 Å². The zero-order valence-electron chi connectivity index (χ0n) is 14.2. The molecule has 0 unspecified atom stereocenters. The standard InChI is InChI=1S/C17H11F6N5O/c18-16(19,20)9-6-10(17(21,22)23)8-11(7-9)25-26-13-14(24)27-28(15(13)29)12-4-2-1-3-5-12/h1-8,27H,24H2. The third-order valence-corrected chi connectivity index (χ3v) is 3.75. The fourth-order valence-corrected chi connectivity index (χ4v) is 2.40. The molecular formula is C17H11F6N5O. The van der Waals surface area contributed by atoms with Crippen molar-refractivity contribution in [2.75, 3.05) is 5.73 Å². The fraction of sp³-hybridized carbons (Fsp3) is 0.118. The molecule has 0 bridgehead atoms. The molecule has 3 aromatic rings. The Morgan fingerprint density at radius 1 is 0.862 bits per heavy atom. The minimum atomic E-state index is -5.03. The Balaban J connectivity index is 2.05. The van der Waals surface area contributed by atoms with Crippen LogP contribution in [0.1, 0.15) is 11.1 Å². The molecule has 29 heavy (non-hydrogen) atoms. The predicted molar refractivity (Wildman–Crippen MR) is 91.4 cm³/mol. The Kier molecular flexibility index (Phi) is 4.95. The van der Waals surface area contributed by atoms with Gasteiger partial charge in [-0.25, -0.2) is 4.68 Å². The highest BCUT2D eigenvalue weighted by Crippen LogP contribution is 2.38. The first-order valence-corrected chi connectivity index (χ1v) is 7.84. The molecule has 0 radical (unpaired) electrons. The van der Waals surface area contributed by atoms with E-state index in [2.05, 4.69) is 15.3 Å². The number of nitrogens with one attached hydrogen (secondary N) is 1. The van der Waals surface area contributed by atoms with Crippen molar-refractivity contribution in [3.63, 3.8) is 0 Å². The van der Waals surface area contributed by atoms with Gasteiger partial charge in [0.15, 0.2) is 5.69 Å².